The average Bonchev–Trinajstić information content (AvgIpc) is 3.21. The maximum atomic E-state index is 13.2. The van der Waals surface area contributed by atoms with Crippen LogP contribution < -0.4 is 9.11 Å². The Morgan fingerprint density at radius 2 is 1.77 bits per heavy atom. The second kappa shape index (κ2) is 10.3. The number of aryl methyl sites for hydroxylation is 1. The highest BCUT2D eigenvalue weighted by atomic mass is 32.2. The third-order valence-electron chi connectivity index (χ3n) is 5.62. The first kappa shape index (κ1) is 24.5. The van der Waals surface area contributed by atoms with Crippen molar-refractivity contribution in [3.8, 4) is 12.3 Å². The Morgan fingerprint density at radius 1 is 1.06 bits per heavy atom. The second-order valence-corrected chi connectivity index (χ2v) is 10.6. The molecule has 0 fully saturated rings. The van der Waals surface area contributed by atoms with Crippen LogP contribution in [-0.4, -0.2) is 25.4 Å². The predicted octanol–water partition coefficient (Wildman–Crippen LogP) is 4.85. The molecule has 4 aromatic rings. The van der Waals surface area contributed by atoms with E-state index < -0.39 is 15.9 Å². The first-order valence-electron chi connectivity index (χ1n) is 11.2. The summed E-state index contributed by atoms with van der Waals surface area (Å²) in [5.74, 6) is 2.16. The fraction of sp³-hybridized carbons (Fsp3) is 0.185. The molecule has 3 aromatic carbocycles. The summed E-state index contributed by atoms with van der Waals surface area (Å²) < 4.78 is 30.6. The second-order valence-electron chi connectivity index (χ2n) is 7.78. The first-order chi connectivity index (χ1) is 16.9. The number of aromatic nitrogens is 1. The van der Waals surface area contributed by atoms with Gasteiger partial charge in [0.25, 0.3) is 15.9 Å². The van der Waals surface area contributed by atoms with Gasteiger partial charge in [-0.15, -0.1) is 6.42 Å². The number of terminal acetylenes is 1. The number of carbonyl (C=O) groups is 1. The summed E-state index contributed by atoms with van der Waals surface area (Å²) in [4.78, 5) is 17.9. The van der Waals surface area contributed by atoms with Gasteiger partial charge in [0.05, 0.1) is 27.3 Å². The molecule has 6 nitrogen and oxygen atoms in total. The van der Waals surface area contributed by atoms with E-state index in [9.17, 15) is 13.2 Å². The molecule has 1 heterocycles. The van der Waals surface area contributed by atoms with Crippen LogP contribution in [0, 0.1) is 12.3 Å². The van der Waals surface area contributed by atoms with Crippen molar-refractivity contribution in [2.75, 3.05) is 10.8 Å². The number of hydrogen-bond acceptors (Lipinski definition) is 4. The SMILES string of the molecule is C#CCn1c(=NC(=O)c2ccc(S(=O)(=O)N(CC)c3ccccc3)cc2)sc2cc(CC)ccc21. The third-order valence-corrected chi connectivity index (χ3v) is 8.58. The lowest BCUT2D eigenvalue weighted by Crippen LogP contribution is -2.30. The van der Waals surface area contributed by atoms with Crippen LogP contribution in [0.3, 0.4) is 0 Å². The normalized spacial score (nSPS) is 12.0. The molecule has 0 bridgehead atoms. The van der Waals surface area contributed by atoms with Gasteiger partial charge in [0.15, 0.2) is 4.80 Å². The van der Waals surface area contributed by atoms with Gasteiger partial charge in [0.2, 0.25) is 0 Å². The van der Waals surface area contributed by atoms with Gasteiger partial charge >= 0.3 is 0 Å². The highest BCUT2D eigenvalue weighted by molar-refractivity contribution is 7.92. The van der Waals surface area contributed by atoms with Crippen LogP contribution in [0.15, 0.2) is 82.7 Å². The zero-order chi connectivity index (χ0) is 25.0. The maximum Gasteiger partial charge on any atom is 0.279 e. The molecule has 8 heteroatoms. The van der Waals surface area contributed by atoms with Crippen LogP contribution in [0.4, 0.5) is 5.69 Å². The summed E-state index contributed by atoms with van der Waals surface area (Å²) in [7, 11) is -3.78. The average molecular weight is 504 g/mol. The monoisotopic (exact) mass is 503 g/mol. The number of rotatable bonds is 7. The summed E-state index contributed by atoms with van der Waals surface area (Å²) >= 11 is 1.41. The van der Waals surface area contributed by atoms with E-state index in [4.69, 9.17) is 6.42 Å². The van der Waals surface area contributed by atoms with E-state index in [0.29, 0.717) is 22.6 Å². The fourth-order valence-electron chi connectivity index (χ4n) is 3.80. The number of fused-ring (bicyclic) bond motifs is 1. The van der Waals surface area contributed by atoms with Crippen molar-refractivity contribution >= 4 is 43.2 Å². The minimum Gasteiger partial charge on any atom is -0.305 e. The lowest BCUT2D eigenvalue weighted by Gasteiger charge is -2.22. The van der Waals surface area contributed by atoms with Crippen molar-refractivity contribution in [1.82, 2.24) is 4.57 Å². The van der Waals surface area contributed by atoms with E-state index >= 15 is 0 Å². The molecule has 0 spiro atoms. The van der Waals surface area contributed by atoms with Crippen LogP contribution in [0.5, 0.6) is 0 Å². The lowest BCUT2D eigenvalue weighted by atomic mass is 10.2. The molecule has 178 valence electrons. The molecule has 0 aliphatic heterocycles. The van der Waals surface area contributed by atoms with Gasteiger partial charge in [-0.3, -0.25) is 9.10 Å². The largest absolute Gasteiger partial charge is 0.305 e. The zero-order valence-electron chi connectivity index (χ0n) is 19.5. The van der Waals surface area contributed by atoms with Crippen LogP contribution in [0.2, 0.25) is 0 Å². The first-order valence-corrected chi connectivity index (χ1v) is 13.5. The van der Waals surface area contributed by atoms with Crippen molar-refractivity contribution in [2.24, 2.45) is 4.99 Å². The van der Waals surface area contributed by atoms with Gasteiger partial charge in [-0.05, 0) is 67.4 Å². The molecule has 0 N–H and O–H groups in total. The Labute approximate surface area is 209 Å². The zero-order valence-corrected chi connectivity index (χ0v) is 21.1. The number of nitrogens with zero attached hydrogens (tertiary/aromatic N) is 3. The molecular formula is C27H25N3O3S2. The van der Waals surface area contributed by atoms with Gasteiger partial charge in [-0.2, -0.15) is 4.99 Å². The fourth-order valence-corrected chi connectivity index (χ4v) is 6.37. The van der Waals surface area contributed by atoms with Crippen LogP contribution in [0.1, 0.15) is 29.8 Å². The number of benzene rings is 3. The standard InChI is InChI=1S/C27H25N3O3S2/c1-4-18-29-24-17-12-20(5-2)19-25(24)34-27(29)28-26(31)21-13-15-23(16-14-21)35(32,33)30(6-3)22-10-8-7-9-11-22/h1,7-17,19H,5-6,18H2,2-3H3. The molecule has 0 saturated heterocycles. The van der Waals surface area contributed by atoms with Gasteiger partial charge < -0.3 is 4.57 Å². The molecule has 0 radical (unpaired) electrons. The van der Waals surface area contributed by atoms with Crippen molar-refractivity contribution in [3.63, 3.8) is 0 Å². The molecule has 0 aliphatic carbocycles. The summed E-state index contributed by atoms with van der Waals surface area (Å²) in [6.07, 6.45) is 6.47. The number of para-hydroxylation sites is 1. The Morgan fingerprint density at radius 3 is 2.40 bits per heavy atom. The van der Waals surface area contributed by atoms with Crippen molar-refractivity contribution in [3.05, 3.63) is 88.7 Å². The molecule has 0 saturated carbocycles. The summed E-state index contributed by atoms with van der Waals surface area (Å²) in [6, 6.07) is 20.9. The van der Waals surface area contributed by atoms with E-state index in [1.54, 1.807) is 31.2 Å². The Kier molecular flexibility index (Phi) is 7.20. The number of sulfonamides is 1. The predicted molar refractivity (Wildman–Crippen MR) is 141 cm³/mol. The third kappa shape index (κ3) is 4.92. The molecule has 4 rings (SSSR count). The number of carbonyl (C=O) groups excluding carboxylic acids is 1. The van der Waals surface area contributed by atoms with Crippen LogP contribution >= 0.6 is 11.3 Å². The molecule has 35 heavy (non-hydrogen) atoms. The Bertz CT molecular complexity index is 1580. The van der Waals surface area contributed by atoms with E-state index in [2.05, 4.69) is 23.9 Å². The Balaban J connectivity index is 1.67. The number of amides is 1. The quantitative estimate of drug-likeness (QED) is 0.338. The van der Waals surface area contributed by atoms with Crippen molar-refractivity contribution in [2.45, 2.75) is 31.7 Å². The minimum absolute atomic E-state index is 0.108. The minimum atomic E-state index is -3.78. The number of anilines is 1. The van der Waals surface area contributed by atoms with Crippen molar-refractivity contribution in [1.29, 1.82) is 0 Å². The highest BCUT2D eigenvalue weighted by Gasteiger charge is 2.23. The van der Waals surface area contributed by atoms with Gasteiger partial charge in [-0.25, -0.2) is 8.42 Å². The Hall–Kier alpha value is -3.67. The summed E-state index contributed by atoms with van der Waals surface area (Å²) in [6.45, 7) is 4.44. The summed E-state index contributed by atoms with van der Waals surface area (Å²) in [5.41, 5.74) is 3.00. The topological polar surface area (TPSA) is 71.7 Å². The number of hydrogen-bond donors (Lipinski definition) is 0. The van der Waals surface area contributed by atoms with Gasteiger partial charge in [-0.1, -0.05) is 48.4 Å². The molecule has 1 aromatic heterocycles. The van der Waals surface area contributed by atoms with Crippen molar-refractivity contribution < 1.29 is 13.2 Å². The smallest absolute Gasteiger partial charge is 0.279 e. The molecule has 0 atom stereocenters. The van der Waals surface area contributed by atoms with Crippen LogP contribution in [-0.2, 0) is 23.0 Å². The lowest BCUT2D eigenvalue weighted by molar-refractivity contribution is 0.0998. The molecule has 0 aliphatic rings. The highest BCUT2D eigenvalue weighted by Crippen LogP contribution is 2.24. The molecular weight excluding hydrogens is 478 g/mol. The molecule has 0 unspecified atom stereocenters. The van der Waals surface area contributed by atoms with Crippen LogP contribution in [0.25, 0.3) is 10.2 Å². The maximum absolute atomic E-state index is 13.2. The van der Waals surface area contributed by atoms with E-state index in [-0.39, 0.29) is 11.4 Å². The van der Waals surface area contributed by atoms with Gasteiger partial charge in [0, 0.05) is 12.1 Å². The number of thiazole rings is 1. The van der Waals surface area contributed by atoms with E-state index in [1.165, 1.54) is 45.5 Å². The van der Waals surface area contributed by atoms with Gasteiger partial charge in [0.1, 0.15) is 0 Å². The van der Waals surface area contributed by atoms with E-state index in [1.807, 2.05) is 22.8 Å². The van der Waals surface area contributed by atoms with E-state index in [0.717, 1.165) is 16.6 Å². The summed E-state index contributed by atoms with van der Waals surface area (Å²) in [5, 5.41) is 0. The molecule has 1 amide bonds.